The van der Waals surface area contributed by atoms with Crippen molar-refractivity contribution < 1.29 is 19.1 Å². The Morgan fingerprint density at radius 3 is 2.57 bits per heavy atom. The molecule has 37 heavy (non-hydrogen) atoms. The van der Waals surface area contributed by atoms with Gasteiger partial charge in [-0.25, -0.2) is 14.6 Å². The Morgan fingerprint density at radius 2 is 1.81 bits per heavy atom. The van der Waals surface area contributed by atoms with Gasteiger partial charge in [0.05, 0.1) is 18.0 Å². The minimum atomic E-state index is -0.779. The summed E-state index contributed by atoms with van der Waals surface area (Å²) in [5, 5.41) is 9.26. The first kappa shape index (κ1) is 27.7. The van der Waals surface area contributed by atoms with Crippen LogP contribution in [0.4, 0.5) is 10.5 Å². The molecule has 1 atom stereocenters. The van der Waals surface area contributed by atoms with Gasteiger partial charge in [-0.15, -0.1) is 0 Å². The number of para-hydroxylation sites is 1. The van der Waals surface area contributed by atoms with E-state index in [1.54, 1.807) is 42.5 Å². The zero-order chi connectivity index (χ0) is 26.6. The largest absolute Gasteiger partial charge is 0.467 e. The number of nitrogens with zero attached hydrogens (tertiary/aromatic N) is 1. The van der Waals surface area contributed by atoms with Crippen molar-refractivity contribution in [3.05, 3.63) is 69.7 Å². The number of aromatic nitrogens is 2. The molecule has 196 valence electrons. The van der Waals surface area contributed by atoms with Gasteiger partial charge in [-0.1, -0.05) is 23.7 Å². The molecule has 0 unspecified atom stereocenters. The summed E-state index contributed by atoms with van der Waals surface area (Å²) in [6.45, 7) is 0.401. The highest BCUT2D eigenvalue weighted by molar-refractivity contribution is 6.30. The summed E-state index contributed by atoms with van der Waals surface area (Å²) in [5.41, 5.74) is 1.01. The molecule has 0 aliphatic rings. The standard InChI is InChI=1S/C26H30ClN5O5/c1-37-25(35)21(9-4-5-16-28-26(36)29-18-14-12-17(27)13-15-18)31-23(33)11-6-10-22-30-20-8-3-2-7-19(20)24(34)32-22/h2-3,7-8,12-15,21H,4-6,9-11,16H2,1H3,(H,31,33)(H2,28,29,36)(H,30,32,34)/t21-/m0/s1. The van der Waals surface area contributed by atoms with Crippen LogP contribution in [0.3, 0.4) is 0 Å². The summed E-state index contributed by atoms with van der Waals surface area (Å²) in [4.78, 5) is 55.9. The Labute approximate surface area is 219 Å². The van der Waals surface area contributed by atoms with E-state index in [1.165, 1.54) is 7.11 Å². The number of urea groups is 1. The zero-order valence-electron chi connectivity index (χ0n) is 20.5. The summed E-state index contributed by atoms with van der Waals surface area (Å²) in [6, 6.07) is 12.7. The second-order valence-electron chi connectivity index (χ2n) is 8.41. The highest BCUT2D eigenvalue weighted by atomic mass is 35.5. The maximum atomic E-state index is 12.4. The predicted molar refractivity (Wildman–Crippen MR) is 142 cm³/mol. The lowest BCUT2D eigenvalue weighted by Gasteiger charge is -2.16. The number of rotatable bonds is 12. The zero-order valence-corrected chi connectivity index (χ0v) is 21.3. The fraction of sp³-hybridized carbons (Fsp3) is 0.346. The topological polar surface area (TPSA) is 142 Å². The molecule has 0 fully saturated rings. The number of nitrogens with one attached hydrogen (secondary N) is 4. The smallest absolute Gasteiger partial charge is 0.328 e. The number of ether oxygens (including phenoxy) is 1. The second-order valence-corrected chi connectivity index (χ2v) is 8.85. The Morgan fingerprint density at radius 1 is 1.05 bits per heavy atom. The molecule has 3 amide bonds. The van der Waals surface area contributed by atoms with E-state index in [0.29, 0.717) is 66.1 Å². The van der Waals surface area contributed by atoms with Crippen LogP contribution in [0.15, 0.2) is 53.3 Å². The van der Waals surface area contributed by atoms with E-state index in [9.17, 15) is 19.2 Å². The van der Waals surface area contributed by atoms with Gasteiger partial charge in [-0.3, -0.25) is 9.59 Å². The maximum Gasteiger partial charge on any atom is 0.328 e. The highest BCUT2D eigenvalue weighted by Crippen LogP contribution is 2.13. The van der Waals surface area contributed by atoms with Gasteiger partial charge in [-0.05, 0) is 62.1 Å². The van der Waals surface area contributed by atoms with Crippen LogP contribution in [0.1, 0.15) is 37.9 Å². The molecular formula is C26H30ClN5O5. The van der Waals surface area contributed by atoms with Gasteiger partial charge in [0.1, 0.15) is 11.9 Å². The Kier molecular flexibility index (Phi) is 10.5. The number of methoxy groups -OCH3 is 1. The van der Waals surface area contributed by atoms with E-state index in [2.05, 4.69) is 25.9 Å². The molecule has 0 saturated carbocycles. The first-order valence-electron chi connectivity index (χ1n) is 12.0. The fourth-order valence-corrected chi connectivity index (χ4v) is 3.84. The number of H-pyrrole nitrogens is 1. The van der Waals surface area contributed by atoms with Gasteiger partial charge in [-0.2, -0.15) is 0 Å². The number of carbonyl (C=O) groups excluding carboxylic acids is 3. The van der Waals surface area contributed by atoms with Crippen LogP contribution in [-0.2, 0) is 20.7 Å². The van der Waals surface area contributed by atoms with Gasteiger partial charge in [0, 0.05) is 30.1 Å². The number of aromatic amines is 1. The fourth-order valence-electron chi connectivity index (χ4n) is 3.71. The molecule has 0 radical (unpaired) electrons. The molecule has 0 spiro atoms. The summed E-state index contributed by atoms with van der Waals surface area (Å²) in [5.74, 6) is -0.310. The SMILES string of the molecule is COC(=O)[C@H](CCCCNC(=O)Nc1ccc(Cl)cc1)NC(=O)CCCc1nc2ccccc2c(=O)[nH]1. The van der Waals surface area contributed by atoms with Crippen molar-refractivity contribution in [1.82, 2.24) is 20.6 Å². The van der Waals surface area contributed by atoms with E-state index >= 15 is 0 Å². The van der Waals surface area contributed by atoms with E-state index in [0.717, 1.165) is 0 Å². The van der Waals surface area contributed by atoms with Gasteiger partial charge in [0.25, 0.3) is 5.56 Å². The molecule has 1 heterocycles. The number of amides is 3. The van der Waals surface area contributed by atoms with Crippen LogP contribution < -0.4 is 21.5 Å². The third-order valence-electron chi connectivity index (χ3n) is 5.61. The lowest BCUT2D eigenvalue weighted by Crippen LogP contribution is -2.41. The lowest BCUT2D eigenvalue weighted by molar-refractivity contribution is -0.145. The van der Waals surface area contributed by atoms with Crippen molar-refractivity contribution in [2.24, 2.45) is 0 Å². The number of fused-ring (bicyclic) bond motifs is 1. The molecule has 10 nitrogen and oxygen atoms in total. The molecule has 4 N–H and O–H groups in total. The van der Waals surface area contributed by atoms with Crippen molar-refractivity contribution in [3.63, 3.8) is 0 Å². The summed E-state index contributed by atoms with van der Waals surface area (Å²) in [7, 11) is 1.27. The monoisotopic (exact) mass is 527 g/mol. The van der Waals surface area contributed by atoms with Crippen molar-refractivity contribution in [2.75, 3.05) is 19.0 Å². The number of hydrogen-bond donors (Lipinski definition) is 4. The Hall–Kier alpha value is -3.92. The van der Waals surface area contributed by atoms with Crippen LogP contribution >= 0.6 is 11.6 Å². The maximum absolute atomic E-state index is 12.4. The van der Waals surface area contributed by atoms with Crippen molar-refractivity contribution in [2.45, 2.75) is 44.6 Å². The average Bonchev–Trinajstić information content (AvgIpc) is 2.88. The molecule has 0 aliphatic carbocycles. The number of halogens is 1. The molecule has 3 aromatic rings. The third-order valence-corrected chi connectivity index (χ3v) is 5.86. The van der Waals surface area contributed by atoms with Crippen LogP contribution in [0.25, 0.3) is 10.9 Å². The quantitative estimate of drug-likeness (QED) is 0.209. The number of anilines is 1. The number of carbonyl (C=O) groups is 3. The number of benzene rings is 2. The van der Waals surface area contributed by atoms with E-state index in [-0.39, 0.29) is 23.9 Å². The molecule has 0 bridgehead atoms. The van der Waals surface area contributed by atoms with Crippen LogP contribution in [0.5, 0.6) is 0 Å². The molecular weight excluding hydrogens is 498 g/mol. The van der Waals surface area contributed by atoms with Crippen molar-refractivity contribution in [1.29, 1.82) is 0 Å². The van der Waals surface area contributed by atoms with Crippen molar-refractivity contribution >= 4 is 46.1 Å². The predicted octanol–water partition coefficient (Wildman–Crippen LogP) is 3.55. The molecule has 0 aliphatic heterocycles. The Balaban J connectivity index is 1.37. The van der Waals surface area contributed by atoms with Gasteiger partial charge in [0.2, 0.25) is 5.91 Å². The van der Waals surface area contributed by atoms with E-state index in [4.69, 9.17) is 16.3 Å². The second kappa shape index (κ2) is 14.0. The number of unbranched alkanes of at least 4 members (excludes halogenated alkanes) is 1. The van der Waals surface area contributed by atoms with E-state index < -0.39 is 12.0 Å². The highest BCUT2D eigenvalue weighted by Gasteiger charge is 2.21. The molecule has 1 aromatic heterocycles. The normalized spacial score (nSPS) is 11.5. The summed E-state index contributed by atoms with van der Waals surface area (Å²) in [6.07, 6.45) is 2.60. The third kappa shape index (κ3) is 8.91. The lowest BCUT2D eigenvalue weighted by atomic mass is 10.1. The van der Waals surface area contributed by atoms with Crippen LogP contribution in [0, 0.1) is 0 Å². The number of hydrogen-bond acceptors (Lipinski definition) is 6. The first-order valence-corrected chi connectivity index (χ1v) is 12.4. The van der Waals surface area contributed by atoms with Crippen molar-refractivity contribution in [3.8, 4) is 0 Å². The minimum Gasteiger partial charge on any atom is -0.467 e. The van der Waals surface area contributed by atoms with Gasteiger partial charge >= 0.3 is 12.0 Å². The summed E-state index contributed by atoms with van der Waals surface area (Å²) < 4.78 is 4.82. The van der Waals surface area contributed by atoms with E-state index in [1.807, 2.05) is 6.07 Å². The average molecular weight is 528 g/mol. The van der Waals surface area contributed by atoms with Gasteiger partial charge in [0.15, 0.2) is 0 Å². The van der Waals surface area contributed by atoms with Gasteiger partial charge < -0.3 is 25.7 Å². The molecule has 0 saturated heterocycles. The number of aryl methyl sites for hydroxylation is 1. The van der Waals surface area contributed by atoms with Crippen LogP contribution in [-0.4, -0.2) is 47.6 Å². The first-order chi connectivity index (χ1) is 17.9. The van der Waals surface area contributed by atoms with Crippen LogP contribution in [0.2, 0.25) is 5.02 Å². The Bertz CT molecular complexity index is 1280. The minimum absolute atomic E-state index is 0.163. The molecule has 11 heteroatoms. The molecule has 2 aromatic carbocycles. The number of esters is 1. The molecule has 3 rings (SSSR count). The summed E-state index contributed by atoms with van der Waals surface area (Å²) >= 11 is 5.83.